The summed E-state index contributed by atoms with van der Waals surface area (Å²) in [5, 5.41) is 9.18. The fourth-order valence-electron chi connectivity index (χ4n) is 2.82. The number of benzene rings is 1. The normalized spacial score (nSPS) is 24.5. The summed E-state index contributed by atoms with van der Waals surface area (Å²) in [4.78, 5) is 0. The predicted octanol–water partition coefficient (Wildman–Crippen LogP) is 3.27. The molecule has 1 fully saturated rings. The molecule has 2 rings (SSSR count). The highest BCUT2D eigenvalue weighted by Crippen LogP contribution is 2.35. The number of nitrogens with zero attached hydrogens (tertiary/aromatic N) is 1. The van der Waals surface area contributed by atoms with Gasteiger partial charge in [0.15, 0.2) is 0 Å². The third-order valence-electron chi connectivity index (χ3n) is 4.11. The van der Waals surface area contributed by atoms with Crippen LogP contribution >= 0.6 is 0 Å². The number of hydrogen-bond acceptors (Lipinski definition) is 4. The number of ether oxygens (including phenoxy) is 2. The first-order valence-electron chi connectivity index (χ1n) is 7.74. The first-order valence-corrected chi connectivity index (χ1v) is 7.74. The molecule has 2 unspecified atom stereocenters. The van der Waals surface area contributed by atoms with E-state index in [0.717, 1.165) is 50.2 Å². The fourth-order valence-corrected chi connectivity index (χ4v) is 2.82. The van der Waals surface area contributed by atoms with Crippen LogP contribution in [0.4, 0.5) is 0 Å². The lowest BCUT2D eigenvalue weighted by Gasteiger charge is -2.23. The summed E-state index contributed by atoms with van der Waals surface area (Å²) >= 11 is 0. The number of nitrogens with two attached hydrogens (primary N) is 1. The van der Waals surface area contributed by atoms with Crippen molar-refractivity contribution in [2.45, 2.75) is 44.6 Å². The molecule has 0 radical (unpaired) electrons. The smallest absolute Gasteiger partial charge is 0.119 e. The van der Waals surface area contributed by atoms with Gasteiger partial charge >= 0.3 is 0 Å². The molecule has 114 valence electrons. The second-order valence-corrected chi connectivity index (χ2v) is 5.70. The highest BCUT2D eigenvalue weighted by Gasteiger charge is 2.39. The monoisotopic (exact) mass is 288 g/mol. The number of rotatable bonds is 7. The molecule has 0 amide bonds. The molecule has 1 aromatic rings. The van der Waals surface area contributed by atoms with Crippen LogP contribution in [-0.2, 0) is 0 Å². The van der Waals surface area contributed by atoms with Gasteiger partial charge in [-0.15, -0.1) is 0 Å². The van der Waals surface area contributed by atoms with E-state index < -0.39 is 5.54 Å². The SMILES string of the molecule is CCCOc1ccc(OCCC2CCCC2(N)C#N)cc1. The van der Waals surface area contributed by atoms with Crippen LogP contribution < -0.4 is 15.2 Å². The van der Waals surface area contributed by atoms with Gasteiger partial charge in [0.05, 0.1) is 19.3 Å². The summed E-state index contributed by atoms with van der Waals surface area (Å²) in [6, 6.07) is 9.94. The molecule has 0 aliphatic heterocycles. The molecule has 0 bridgehead atoms. The summed E-state index contributed by atoms with van der Waals surface area (Å²) in [5.74, 6) is 1.94. The Labute approximate surface area is 126 Å². The van der Waals surface area contributed by atoms with Gasteiger partial charge in [0, 0.05) is 0 Å². The summed E-state index contributed by atoms with van der Waals surface area (Å²) in [6.45, 7) is 3.41. The van der Waals surface area contributed by atoms with Crippen LogP contribution in [0.1, 0.15) is 39.0 Å². The summed E-state index contributed by atoms with van der Waals surface area (Å²) in [6.07, 6.45) is 4.70. The third kappa shape index (κ3) is 4.12. The van der Waals surface area contributed by atoms with E-state index in [0.29, 0.717) is 6.61 Å². The lowest BCUT2D eigenvalue weighted by Crippen LogP contribution is -2.42. The zero-order chi connectivity index (χ0) is 15.1. The van der Waals surface area contributed by atoms with Gasteiger partial charge in [-0.25, -0.2) is 0 Å². The Morgan fingerprint density at radius 3 is 2.43 bits per heavy atom. The molecule has 1 aliphatic rings. The van der Waals surface area contributed by atoms with Crippen molar-refractivity contribution in [2.75, 3.05) is 13.2 Å². The van der Waals surface area contributed by atoms with Crippen LogP contribution in [0.25, 0.3) is 0 Å². The maximum Gasteiger partial charge on any atom is 0.119 e. The Morgan fingerprint density at radius 2 is 1.86 bits per heavy atom. The highest BCUT2D eigenvalue weighted by molar-refractivity contribution is 5.31. The van der Waals surface area contributed by atoms with Crippen molar-refractivity contribution in [2.24, 2.45) is 11.7 Å². The van der Waals surface area contributed by atoms with Crippen LogP contribution in [0, 0.1) is 17.2 Å². The maximum absolute atomic E-state index is 9.18. The molecule has 1 aromatic carbocycles. The van der Waals surface area contributed by atoms with Crippen molar-refractivity contribution < 1.29 is 9.47 Å². The summed E-state index contributed by atoms with van der Waals surface area (Å²) in [5.41, 5.74) is 5.46. The number of nitriles is 1. The molecule has 0 aromatic heterocycles. The molecule has 2 N–H and O–H groups in total. The van der Waals surface area contributed by atoms with E-state index in [9.17, 15) is 5.26 Å². The summed E-state index contributed by atoms with van der Waals surface area (Å²) < 4.78 is 11.3. The molecule has 0 heterocycles. The molecule has 4 heteroatoms. The molecule has 21 heavy (non-hydrogen) atoms. The molecule has 0 saturated heterocycles. The summed E-state index contributed by atoms with van der Waals surface area (Å²) in [7, 11) is 0. The Hall–Kier alpha value is -1.73. The highest BCUT2D eigenvalue weighted by atomic mass is 16.5. The van der Waals surface area contributed by atoms with Crippen molar-refractivity contribution in [1.82, 2.24) is 0 Å². The minimum Gasteiger partial charge on any atom is -0.494 e. The second kappa shape index (κ2) is 7.33. The van der Waals surface area contributed by atoms with Gasteiger partial charge in [-0.3, -0.25) is 0 Å². The zero-order valence-corrected chi connectivity index (χ0v) is 12.7. The zero-order valence-electron chi connectivity index (χ0n) is 12.7. The van der Waals surface area contributed by atoms with Gasteiger partial charge in [-0.2, -0.15) is 5.26 Å². The Kier molecular flexibility index (Phi) is 5.46. The molecule has 4 nitrogen and oxygen atoms in total. The minimum atomic E-state index is -0.652. The first-order chi connectivity index (χ1) is 10.2. The number of hydrogen-bond donors (Lipinski definition) is 1. The van der Waals surface area contributed by atoms with Gasteiger partial charge in [0.2, 0.25) is 0 Å². The lowest BCUT2D eigenvalue weighted by atomic mass is 9.87. The van der Waals surface area contributed by atoms with E-state index in [2.05, 4.69) is 13.0 Å². The third-order valence-corrected chi connectivity index (χ3v) is 4.11. The van der Waals surface area contributed by atoms with Gasteiger partial charge < -0.3 is 15.2 Å². The lowest BCUT2D eigenvalue weighted by molar-refractivity contribution is 0.254. The van der Waals surface area contributed by atoms with E-state index in [1.165, 1.54) is 0 Å². The molecule has 2 atom stereocenters. The van der Waals surface area contributed by atoms with Crippen molar-refractivity contribution in [3.05, 3.63) is 24.3 Å². The standard InChI is InChI=1S/C17H24N2O2/c1-2-11-20-15-5-7-16(8-6-15)21-12-9-14-4-3-10-17(14,19)13-18/h5-8,14H,2-4,9-12,19H2,1H3. The van der Waals surface area contributed by atoms with Crippen molar-refractivity contribution in [3.8, 4) is 17.6 Å². The van der Waals surface area contributed by atoms with Gasteiger partial charge in [-0.1, -0.05) is 13.3 Å². The van der Waals surface area contributed by atoms with Gasteiger partial charge in [0.25, 0.3) is 0 Å². The Bertz CT molecular complexity index is 481. The average Bonchev–Trinajstić information content (AvgIpc) is 2.88. The minimum absolute atomic E-state index is 0.245. The van der Waals surface area contributed by atoms with Gasteiger partial charge in [-0.05, 0) is 55.9 Å². The van der Waals surface area contributed by atoms with Crippen LogP contribution in [0.5, 0.6) is 11.5 Å². The quantitative estimate of drug-likeness (QED) is 0.836. The Balaban J connectivity index is 1.77. The first kappa shape index (κ1) is 15.7. The van der Waals surface area contributed by atoms with Crippen molar-refractivity contribution >= 4 is 0 Å². The predicted molar refractivity (Wildman–Crippen MR) is 82.2 cm³/mol. The molecule has 0 spiro atoms. The average molecular weight is 288 g/mol. The van der Waals surface area contributed by atoms with Crippen LogP contribution in [0.2, 0.25) is 0 Å². The van der Waals surface area contributed by atoms with Crippen LogP contribution in [0.15, 0.2) is 24.3 Å². The van der Waals surface area contributed by atoms with E-state index in [1.807, 2.05) is 24.3 Å². The van der Waals surface area contributed by atoms with Crippen LogP contribution in [0.3, 0.4) is 0 Å². The second-order valence-electron chi connectivity index (χ2n) is 5.70. The molecule has 1 aliphatic carbocycles. The Morgan fingerprint density at radius 1 is 1.24 bits per heavy atom. The molecule has 1 saturated carbocycles. The van der Waals surface area contributed by atoms with E-state index in [4.69, 9.17) is 15.2 Å². The largest absolute Gasteiger partial charge is 0.494 e. The molecular weight excluding hydrogens is 264 g/mol. The van der Waals surface area contributed by atoms with E-state index in [-0.39, 0.29) is 5.92 Å². The maximum atomic E-state index is 9.18. The van der Waals surface area contributed by atoms with Crippen molar-refractivity contribution in [1.29, 1.82) is 5.26 Å². The van der Waals surface area contributed by atoms with E-state index in [1.54, 1.807) is 0 Å². The fraction of sp³-hybridized carbons (Fsp3) is 0.588. The van der Waals surface area contributed by atoms with Gasteiger partial charge in [0.1, 0.15) is 17.0 Å². The topological polar surface area (TPSA) is 68.3 Å². The van der Waals surface area contributed by atoms with Crippen molar-refractivity contribution in [3.63, 3.8) is 0 Å². The van der Waals surface area contributed by atoms with Crippen LogP contribution in [-0.4, -0.2) is 18.8 Å². The molecular formula is C17H24N2O2. The van der Waals surface area contributed by atoms with E-state index >= 15 is 0 Å².